The average molecular weight is 395 g/mol. The molecule has 0 aliphatic rings. The minimum atomic E-state index is -1.44. The molecule has 8 nitrogen and oxygen atoms in total. The molecule has 0 bridgehead atoms. The van der Waals surface area contributed by atoms with Crippen molar-refractivity contribution in [1.29, 1.82) is 0 Å². The van der Waals surface area contributed by atoms with Crippen molar-refractivity contribution in [2.75, 3.05) is 10.6 Å². The molecule has 1 aromatic carbocycles. The number of carbonyl (C=O) groups is 3. The van der Waals surface area contributed by atoms with Crippen LogP contribution >= 0.6 is 11.3 Å². The first-order valence-electron chi connectivity index (χ1n) is 7.77. The molecule has 0 aliphatic heterocycles. The Hall–Kier alpha value is -3.01. The Morgan fingerprint density at radius 2 is 1.89 bits per heavy atom. The van der Waals surface area contributed by atoms with E-state index >= 15 is 0 Å². The molecular formula is C17H18FN3O5S. The molecule has 2 amide bonds. The monoisotopic (exact) mass is 395 g/mol. The predicted octanol–water partition coefficient (Wildman–Crippen LogP) is 3.89. The quantitative estimate of drug-likeness (QED) is 0.723. The molecule has 2 aromatic rings. The Bertz CT molecular complexity index is 904. The van der Waals surface area contributed by atoms with E-state index in [0.717, 1.165) is 23.5 Å². The van der Waals surface area contributed by atoms with Gasteiger partial charge in [-0.15, -0.1) is 0 Å². The Morgan fingerprint density at radius 3 is 2.48 bits per heavy atom. The Balaban J connectivity index is 2.12. The largest absolute Gasteiger partial charge is 0.478 e. The minimum Gasteiger partial charge on any atom is -0.478 e. The SMILES string of the molecule is Cc1cc(F)c(C(=O)O)cc1NC(=O)c1cnc(NC(=O)OC(C)(C)C)s1. The summed E-state index contributed by atoms with van der Waals surface area (Å²) in [5, 5.41) is 14.1. The molecule has 0 unspecified atom stereocenters. The van der Waals surface area contributed by atoms with Crippen LogP contribution in [-0.4, -0.2) is 33.7 Å². The molecule has 3 N–H and O–H groups in total. The molecule has 2 rings (SSSR count). The van der Waals surface area contributed by atoms with Gasteiger partial charge < -0.3 is 15.2 Å². The van der Waals surface area contributed by atoms with Gasteiger partial charge >= 0.3 is 12.1 Å². The highest BCUT2D eigenvalue weighted by Gasteiger charge is 2.19. The first-order chi connectivity index (χ1) is 12.5. The van der Waals surface area contributed by atoms with Gasteiger partial charge in [-0.05, 0) is 45.4 Å². The molecule has 1 aromatic heterocycles. The Kier molecular flexibility index (Phi) is 5.79. The number of hydrogen-bond donors (Lipinski definition) is 3. The fraction of sp³-hybridized carbons (Fsp3) is 0.294. The number of carboxylic acid groups (broad SMARTS) is 1. The lowest BCUT2D eigenvalue weighted by Crippen LogP contribution is -2.27. The van der Waals surface area contributed by atoms with Crippen molar-refractivity contribution in [2.24, 2.45) is 0 Å². The second-order valence-corrected chi connectivity index (χ2v) is 7.59. The number of hydrogen-bond acceptors (Lipinski definition) is 6. The molecule has 144 valence electrons. The molecule has 0 spiro atoms. The second-order valence-electron chi connectivity index (χ2n) is 6.56. The zero-order valence-corrected chi connectivity index (χ0v) is 15.9. The first-order valence-corrected chi connectivity index (χ1v) is 8.58. The van der Waals surface area contributed by atoms with E-state index in [0.29, 0.717) is 5.56 Å². The zero-order chi connectivity index (χ0) is 20.4. The maximum Gasteiger partial charge on any atom is 0.413 e. The van der Waals surface area contributed by atoms with Gasteiger partial charge in [-0.25, -0.2) is 19.0 Å². The van der Waals surface area contributed by atoms with Crippen molar-refractivity contribution in [3.8, 4) is 0 Å². The van der Waals surface area contributed by atoms with Crippen LogP contribution in [0.4, 0.5) is 20.0 Å². The van der Waals surface area contributed by atoms with Gasteiger partial charge in [0.2, 0.25) is 0 Å². The van der Waals surface area contributed by atoms with Crippen molar-refractivity contribution in [3.63, 3.8) is 0 Å². The molecular weight excluding hydrogens is 377 g/mol. The lowest BCUT2D eigenvalue weighted by Gasteiger charge is -2.18. The van der Waals surface area contributed by atoms with Gasteiger partial charge in [-0.3, -0.25) is 10.1 Å². The highest BCUT2D eigenvalue weighted by Crippen LogP contribution is 2.24. The normalized spacial score (nSPS) is 11.0. The smallest absolute Gasteiger partial charge is 0.413 e. The number of nitrogens with one attached hydrogen (secondary N) is 2. The number of carbonyl (C=O) groups excluding carboxylic acids is 2. The molecule has 0 radical (unpaired) electrons. The van der Waals surface area contributed by atoms with Gasteiger partial charge in [0.05, 0.1) is 11.8 Å². The Labute approximate surface area is 158 Å². The van der Waals surface area contributed by atoms with E-state index in [1.54, 1.807) is 20.8 Å². The average Bonchev–Trinajstić information content (AvgIpc) is 2.95. The van der Waals surface area contributed by atoms with Gasteiger partial charge in [0.15, 0.2) is 5.13 Å². The van der Waals surface area contributed by atoms with Crippen LogP contribution < -0.4 is 10.6 Å². The number of aromatic nitrogens is 1. The number of ether oxygens (including phenoxy) is 1. The van der Waals surface area contributed by atoms with E-state index in [2.05, 4.69) is 15.6 Å². The molecule has 0 saturated carbocycles. The van der Waals surface area contributed by atoms with Crippen molar-refractivity contribution in [3.05, 3.63) is 40.2 Å². The molecule has 0 saturated heterocycles. The predicted molar refractivity (Wildman–Crippen MR) is 98.0 cm³/mol. The number of aryl methyl sites for hydroxylation is 1. The van der Waals surface area contributed by atoms with Gasteiger partial charge in [0.1, 0.15) is 16.3 Å². The van der Waals surface area contributed by atoms with Gasteiger partial charge in [-0.1, -0.05) is 11.3 Å². The lowest BCUT2D eigenvalue weighted by atomic mass is 10.1. The third kappa shape index (κ3) is 5.48. The number of aromatic carboxylic acids is 1. The van der Waals surface area contributed by atoms with Crippen LogP contribution in [0.25, 0.3) is 0 Å². The molecule has 1 heterocycles. The summed E-state index contributed by atoms with van der Waals surface area (Å²) in [6.45, 7) is 6.67. The van der Waals surface area contributed by atoms with E-state index in [-0.39, 0.29) is 15.7 Å². The van der Waals surface area contributed by atoms with E-state index in [9.17, 15) is 18.8 Å². The summed E-state index contributed by atoms with van der Waals surface area (Å²) in [4.78, 5) is 39.2. The van der Waals surface area contributed by atoms with Crippen molar-refractivity contribution in [1.82, 2.24) is 4.98 Å². The van der Waals surface area contributed by atoms with Gasteiger partial charge in [0.25, 0.3) is 5.91 Å². The molecule has 10 heteroatoms. The first kappa shape index (κ1) is 20.3. The third-order valence-electron chi connectivity index (χ3n) is 3.13. The zero-order valence-electron chi connectivity index (χ0n) is 15.0. The summed E-state index contributed by atoms with van der Waals surface area (Å²) in [6, 6.07) is 2.08. The summed E-state index contributed by atoms with van der Waals surface area (Å²) in [7, 11) is 0. The van der Waals surface area contributed by atoms with Gasteiger partial charge in [0, 0.05) is 5.69 Å². The van der Waals surface area contributed by atoms with Crippen molar-refractivity contribution < 1.29 is 28.6 Å². The fourth-order valence-electron chi connectivity index (χ4n) is 1.98. The number of halogens is 1. The fourth-order valence-corrected chi connectivity index (χ4v) is 2.68. The van der Waals surface area contributed by atoms with E-state index in [1.165, 1.54) is 13.1 Å². The van der Waals surface area contributed by atoms with Crippen molar-refractivity contribution >= 4 is 40.1 Å². The summed E-state index contributed by atoms with van der Waals surface area (Å²) >= 11 is 0.909. The number of nitrogens with zero attached hydrogens (tertiary/aromatic N) is 1. The van der Waals surface area contributed by atoms with E-state index < -0.39 is 35.0 Å². The lowest BCUT2D eigenvalue weighted by molar-refractivity contribution is 0.0633. The van der Waals surface area contributed by atoms with Crippen LogP contribution in [0.1, 0.15) is 46.4 Å². The second kappa shape index (κ2) is 7.70. The number of rotatable bonds is 4. The van der Waals surface area contributed by atoms with Gasteiger partial charge in [-0.2, -0.15) is 0 Å². The maximum absolute atomic E-state index is 13.6. The molecule has 0 fully saturated rings. The van der Waals surface area contributed by atoms with E-state index in [1.807, 2.05) is 0 Å². The molecule has 27 heavy (non-hydrogen) atoms. The number of amides is 2. The maximum atomic E-state index is 13.6. The van der Waals surface area contributed by atoms with Crippen molar-refractivity contribution in [2.45, 2.75) is 33.3 Å². The van der Waals surface area contributed by atoms with E-state index in [4.69, 9.17) is 9.84 Å². The van der Waals surface area contributed by atoms with Crippen LogP contribution in [0.15, 0.2) is 18.3 Å². The molecule has 0 aliphatic carbocycles. The number of thiazole rings is 1. The molecule has 0 atom stereocenters. The third-order valence-corrected chi connectivity index (χ3v) is 4.04. The highest BCUT2D eigenvalue weighted by atomic mass is 32.1. The van der Waals surface area contributed by atoms with Crippen LogP contribution in [0.5, 0.6) is 0 Å². The summed E-state index contributed by atoms with van der Waals surface area (Å²) < 4.78 is 18.7. The summed E-state index contributed by atoms with van der Waals surface area (Å²) in [5.74, 6) is -2.90. The van der Waals surface area contributed by atoms with Crippen LogP contribution in [0.3, 0.4) is 0 Å². The standard InChI is InChI=1S/C17H18FN3O5S/c1-8-5-10(18)9(14(23)24)6-11(8)20-13(22)12-7-19-15(27-12)21-16(25)26-17(2,3)4/h5-7H,1-4H3,(H,20,22)(H,23,24)(H,19,21,25). The van der Waals surface area contributed by atoms with Crippen LogP contribution in [0.2, 0.25) is 0 Å². The summed E-state index contributed by atoms with van der Waals surface area (Å²) in [5.41, 5.74) is -0.701. The minimum absolute atomic E-state index is 0.161. The Morgan fingerprint density at radius 1 is 1.22 bits per heavy atom. The van der Waals surface area contributed by atoms with Crippen LogP contribution in [-0.2, 0) is 4.74 Å². The van der Waals surface area contributed by atoms with Crippen LogP contribution in [0, 0.1) is 12.7 Å². The topological polar surface area (TPSA) is 118 Å². The summed E-state index contributed by atoms with van der Waals surface area (Å²) in [6.07, 6.45) is 0.549. The number of carboxylic acids is 1. The highest BCUT2D eigenvalue weighted by molar-refractivity contribution is 7.17. The number of benzene rings is 1. The number of anilines is 2.